The number of rotatable bonds is 4. The molecule has 3 N–H and O–H groups in total. The van der Waals surface area contributed by atoms with Gasteiger partial charge >= 0.3 is 0 Å². The smallest absolute Gasteiger partial charge is 0.0695 e. The fourth-order valence-corrected chi connectivity index (χ4v) is 2.46. The van der Waals surface area contributed by atoms with Crippen LogP contribution in [0.4, 0.5) is 0 Å². The van der Waals surface area contributed by atoms with E-state index in [0.717, 1.165) is 19.3 Å². The molecule has 3 unspecified atom stereocenters. The molecule has 0 radical (unpaired) electrons. The summed E-state index contributed by atoms with van der Waals surface area (Å²) in [6.45, 7) is 2.85. The molecule has 0 aliphatic heterocycles. The second-order valence-corrected chi connectivity index (χ2v) is 4.38. The molecule has 0 spiro atoms. The Morgan fingerprint density at radius 1 is 1.43 bits per heavy atom. The number of hydrogen-bond acceptors (Lipinski definition) is 3. The van der Waals surface area contributed by atoms with E-state index >= 15 is 0 Å². The summed E-state index contributed by atoms with van der Waals surface area (Å²) in [7, 11) is 2.10. The van der Waals surface area contributed by atoms with Gasteiger partial charge in [-0.15, -0.1) is 0 Å². The Hall–Kier alpha value is -0.120. The maximum atomic E-state index is 9.90. The van der Waals surface area contributed by atoms with Gasteiger partial charge in [0.1, 0.15) is 0 Å². The van der Waals surface area contributed by atoms with Crippen LogP contribution >= 0.6 is 0 Å². The minimum atomic E-state index is -0.144. The van der Waals surface area contributed by atoms with Gasteiger partial charge in [0, 0.05) is 18.6 Å². The lowest BCUT2D eigenvalue weighted by atomic mass is 9.90. The highest BCUT2D eigenvalue weighted by molar-refractivity contribution is 4.85. The normalized spacial score (nSPS) is 30.6. The van der Waals surface area contributed by atoms with E-state index < -0.39 is 0 Å². The summed E-state index contributed by atoms with van der Waals surface area (Å²) in [5.41, 5.74) is 5.71. The summed E-state index contributed by atoms with van der Waals surface area (Å²) in [6.07, 6.45) is 5.41. The maximum Gasteiger partial charge on any atom is 0.0695 e. The van der Waals surface area contributed by atoms with Crippen molar-refractivity contribution in [3.8, 4) is 0 Å². The number of aliphatic hydroxyl groups is 1. The fourth-order valence-electron chi connectivity index (χ4n) is 2.46. The standard InChI is InChI=1S/C11H24N2O/c1-3-9(8-12)13(2)10-6-4-5-7-11(10)14/h9-11,14H,3-8,12H2,1-2H3. The zero-order valence-corrected chi connectivity index (χ0v) is 9.45. The first-order chi connectivity index (χ1) is 6.70. The number of hydrogen-bond donors (Lipinski definition) is 2. The molecule has 1 fully saturated rings. The van der Waals surface area contributed by atoms with Gasteiger partial charge < -0.3 is 10.8 Å². The van der Waals surface area contributed by atoms with Gasteiger partial charge in [0.2, 0.25) is 0 Å². The molecule has 1 aliphatic rings. The van der Waals surface area contributed by atoms with Gasteiger partial charge in [-0.25, -0.2) is 0 Å². The van der Waals surface area contributed by atoms with Gasteiger partial charge in [0.15, 0.2) is 0 Å². The van der Waals surface area contributed by atoms with Gasteiger partial charge in [-0.05, 0) is 26.3 Å². The summed E-state index contributed by atoms with van der Waals surface area (Å²) in [5, 5.41) is 9.90. The van der Waals surface area contributed by atoms with Crippen LogP contribution in [-0.2, 0) is 0 Å². The van der Waals surface area contributed by atoms with Crippen LogP contribution in [0.1, 0.15) is 39.0 Å². The van der Waals surface area contributed by atoms with Crippen LogP contribution in [0.2, 0.25) is 0 Å². The first-order valence-electron chi connectivity index (χ1n) is 5.80. The Morgan fingerprint density at radius 2 is 2.07 bits per heavy atom. The van der Waals surface area contributed by atoms with Crippen molar-refractivity contribution < 1.29 is 5.11 Å². The average Bonchev–Trinajstić information content (AvgIpc) is 2.20. The molecule has 0 aromatic carbocycles. The fraction of sp³-hybridized carbons (Fsp3) is 1.00. The Balaban J connectivity index is 2.52. The highest BCUT2D eigenvalue weighted by atomic mass is 16.3. The first kappa shape index (κ1) is 12.0. The maximum absolute atomic E-state index is 9.90. The molecule has 3 atom stereocenters. The van der Waals surface area contributed by atoms with Crippen molar-refractivity contribution in [2.24, 2.45) is 5.73 Å². The van der Waals surface area contributed by atoms with Gasteiger partial charge in [-0.1, -0.05) is 19.8 Å². The van der Waals surface area contributed by atoms with E-state index in [4.69, 9.17) is 5.73 Å². The molecule has 84 valence electrons. The summed E-state index contributed by atoms with van der Waals surface area (Å²) < 4.78 is 0. The molecule has 0 aromatic heterocycles. The Bertz CT molecular complexity index is 159. The number of aliphatic hydroxyl groups excluding tert-OH is 1. The third-order valence-corrected chi connectivity index (χ3v) is 3.54. The third-order valence-electron chi connectivity index (χ3n) is 3.54. The number of nitrogens with two attached hydrogens (primary N) is 1. The molecule has 1 aliphatic carbocycles. The molecule has 1 rings (SSSR count). The number of nitrogens with zero attached hydrogens (tertiary/aromatic N) is 1. The highest BCUT2D eigenvalue weighted by Gasteiger charge is 2.29. The monoisotopic (exact) mass is 200 g/mol. The lowest BCUT2D eigenvalue weighted by molar-refractivity contribution is 0.0135. The van der Waals surface area contributed by atoms with Crippen LogP contribution in [0.5, 0.6) is 0 Å². The second kappa shape index (κ2) is 5.69. The van der Waals surface area contributed by atoms with E-state index in [1.54, 1.807) is 0 Å². The Kier molecular flexibility index (Phi) is 4.85. The zero-order valence-electron chi connectivity index (χ0n) is 9.45. The van der Waals surface area contributed by atoms with Gasteiger partial charge in [-0.2, -0.15) is 0 Å². The Morgan fingerprint density at radius 3 is 2.57 bits per heavy atom. The van der Waals surface area contributed by atoms with E-state index in [2.05, 4.69) is 18.9 Å². The van der Waals surface area contributed by atoms with Crippen molar-refractivity contribution in [1.29, 1.82) is 0 Å². The van der Waals surface area contributed by atoms with E-state index in [1.165, 1.54) is 12.8 Å². The lowest BCUT2D eigenvalue weighted by Gasteiger charge is -2.39. The van der Waals surface area contributed by atoms with Crippen molar-refractivity contribution in [2.45, 2.75) is 57.2 Å². The van der Waals surface area contributed by atoms with Gasteiger partial charge in [0.25, 0.3) is 0 Å². The van der Waals surface area contributed by atoms with Gasteiger partial charge in [-0.3, -0.25) is 4.90 Å². The second-order valence-electron chi connectivity index (χ2n) is 4.38. The zero-order chi connectivity index (χ0) is 10.6. The van der Waals surface area contributed by atoms with Crippen molar-refractivity contribution in [3.05, 3.63) is 0 Å². The van der Waals surface area contributed by atoms with Crippen LogP contribution in [0, 0.1) is 0 Å². The van der Waals surface area contributed by atoms with Crippen molar-refractivity contribution >= 4 is 0 Å². The summed E-state index contributed by atoms with van der Waals surface area (Å²) in [4.78, 5) is 2.28. The van der Waals surface area contributed by atoms with Crippen LogP contribution in [-0.4, -0.2) is 41.8 Å². The molecule has 0 amide bonds. The molecule has 3 nitrogen and oxygen atoms in total. The minimum Gasteiger partial charge on any atom is -0.391 e. The predicted molar refractivity (Wildman–Crippen MR) is 59.2 cm³/mol. The summed E-state index contributed by atoms with van der Waals surface area (Å²) in [6, 6.07) is 0.755. The Labute approximate surface area is 87.3 Å². The molecule has 0 saturated heterocycles. The molecule has 0 bridgehead atoms. The first-order valence-corrected chi connectivity index (χ1v) is 5.80. The highest BCUT2D eigenvalue weighted by Crippen LogP contribution is 2.24. The molecule has 3 heteroatoms. The van der Waals surface area contributed by atoms with E-state index in [-0.39, 0.29) is 6.10 Å². The minimum absolute atomic E-state index is 0.144. The number of likely N-dealkylation sites (N-methyl/N-ethyl adjacent to an activating group) is 1. The predicted octanol–water partition coefficient (Wildman–Crippen LogP) is 0.959. The topological polar surface area (TPSA) is 49.5 Å². The lowest BCUT2D eigenvalue weighted by Crippen LogP contribution is -2.50. The van der Waals surface area contributed by atoms with Crippen molar-refractivity contribution in [1.82, 2.24) is 4.90 Å². The van der Waals surface area contributed by atoms with E-state index in [0.29, 0.717) is 18.6 Å². The molecule has 1 saturated carbocycles. The third kappa shape index (κ3) is 2.69. The molecular formula is C11H24N2O. The molecule has 0 heterocycles. The van der Waals surface area contributed by atoms with E-state index in [9.17, 15) is 5.11 Å². The van der Waals surface area contributed by atoms with Crippen LogP contribution in [0.15, 0.2) is 0 Å². The van der Waals surface area contributed by atoms with E-state index in [1.807, 2.05) is 0 Å². The van der Waals surface area contributed by atoms with Crippen molar-refractivity contribution in [2.75, 3.05) is 13.6 Å². The van der Waals surface area contributed by atoms with Crippen LogP contribution < -0.4 is 5.73 Å². The largest absolute Gasteiger partial charge is 0.391 e. The van der Waals surface area contributed by atoms with Crippen molar-refractivity contribution in [3.63, 3.8) is 0 Å². The molecular weight excluding hydrogens is 176 g/mol. The summed E-state index contributed by atoms with van der Waals surface area (Å²) in [5.74, 6) is 0. The summed E-state index contributed by atoms with van der Waals surface area (Å²) >= 11 is 0. The average molecular weight is 200 g/mol. The SMILES string of the molecule is CCC(CN)N(C)C1CCCCC1O. The van der Waals surface area contributed by atoms with Crippen LogP contribution in [0.25, 0.3) is 0 Å². The van der Waals surface area contributed by atoms with Gasteiger partial charge in [0.05, 0.1) is 6.10 Å². The van der Waals surface area contributed by atoms with Crippen LogP contribution in [0.3, 0.4) is 0 Å². The molecule has 14 heavy (non-hydrogen) atoms. The molecule has 0 aromatic rings. The quantitative estimate of drug-likeness (QED) is 0.710.